The standard InChI is InChI=1S/C17H22NO2/c1-4-11-18-12-10-16(19-3)17(14(18)2)20-13-15-8-6-5-7-9-15/h5-10,12H,4,11,13H2,1-3H3/q+1. The van der Waals surface area contributed by atoms with Crippen LogP contribution in [0.25, 0.3) is 0 Å². The molecule has 0 saturated heterocycles. The van der Waals surface area contributed by atoms with Gasteiger partial charge in [0, 0.05) is 19.4 Å². The minimum absolute atomic E-state index is 0.550. The summed E-state index contributed by atoms with van der Waals surface area (Å²) in [6, 6.07) is 12.1. The Labute approximate surface area is 120 Å². The number of hydrogen-bond donors (Lipinski definition) is 0. The molecule has 0 amide bonds. The SMILES string of the molecule is CCC[n+]1ccc(OC)c(OCc2ccccc2)c1C. The molecule has 0 aliphatic rings. The van der Waals surface area contributed by atoms with Crippen LogP contribution in [0.1, 0.15) is 24.6 Å². The summed E-state index contributed by atoms with van der Waals surface area (Å²) in [4.78, 5) is 0. The van der Waals surface area contributed by atoms with Gasteiger partial charge in [0.05, 0.1) is 7.11 Å². The van der Waals surface area contributed by atoms with Gasteiger partial charge in [-0.25, -0.2) is 0 Å². The van der Waals surface area contributed by atoms with Crippen LogP contribution in [0.3, 0.4) is 0 Å². The second kappa shape index (κ2) is 6.94. The van der Waals surface area contributed by atoms with Gasteiger partial charge in [-0.05, 0) is 5.56 Å². The monoisotopic (exact) mass is 272 g/mol. The Kier molecular flexibility index (Phi) is 4.99. The number of benzene rings is 1. The number of rotatable bonds is 6. The van der Waals surface area contributed by atoms with Crippen LogP contribution in [0.4, 0.5) is 0 Å². The predicted molar refractivity (Wildman–Crippen MR) is 79.0 cm³/mol. The second-order valence-electron chi connectivity index (χ2n) is 4.77. The van der Waals surface area contributed by atoms with Crippen molar-refractivity contribution in [1.82, 2.24) is 0 Å². The number of methoxy groups -OCH3 is 1. The summed E-state index contributed by atoms with van der Waals surface area (Å²) in [5.41, 5.74) is 2.25. The molecule has 0 radical (unpaired) electrons. The quantitative estimate of drug-likeness (QED) is 0.753. The molecule has 3 heteroatoms. The number of pyridine rings is 1. The molecule has 2 rings (SSSR count). The van der Waals surface area contributed by atoms with Gasteiger partial charge in [-0.1, -0.05) is 37.3 Å². The normalized spacial score (nSPS) is 10.3. The second-order valence-corrected chi connectivity index (χ2v) is 4.77. The smallest absolute Gasteiger partial charge is 0.229 e. The van der Waals surface area contributed by atoms with E-state index >= 15 is 0 Å². The molecular weight excluding hydrogens is 250 g/mol. The molecule has 0 atom stereocenters. The molecule has 0 fully saturated rings. The van der Waals surface area contributed by atoms with Gasteiger partial charge in [0.1, 0.15) is 13.2 Å². The van der Waals surface area contributed by atoms with Gasteiger partial charge in [0.25, 0.3) is 0 Å². The summed E-state index contributed by atoms with van der Waals surface area (Å²) in [5, 5.41) is 0. The first kappa shape index (κ1) is 14.4. The lowest BCUT2D eigenvalue weighted by Crippen LogP contribution is -2.36. The molecule has 106 valence electrons. The Hall–Kier alpha value is -2.03. The van der Waals surface area contributed by atoms with Crippen molar-refractivity contribution in [3.8, 4) is 11.5 Å². The van der Waals surface area contributed by atoms with Crippen molar-refractivity contribution in [3.05, 3.63) is 53.9 Å². The fourth-order valence-corrected chi connectivity index (χ4v) is 2.20. The average molecular weight is 272 g/mol. The van der Waals surface area contributed by atoms with E-state index in [1.807, 2.05) is 30.5 Å². The lowest BCUT2D eigenvalue weighted by atomic mass is 10.2. The van der Waals surface area contributed by atoms with Gasteiger partial charge in [-0.2, -0.15) is 4.57 Å². The molecule has 0 spiro atoms. The first-order valence-electron chi connectivity index (χ1n) is 7.00. The molecular formula is C17H22NO2+. The largest absolute Gasteiger partial charge is 0.492 e. The van der Waals surface area contributed by atoms with Crippen LogP contribution in [-0.2, 0) is 13.2 Å². The summed E-state index contributed by atoms with van der Waals surface area (Å²) in [6.45, 7) is 5.77. The van der Waals surface area contributed by atoms with Gasteiger partial charge < -0.3 is 9.47 Å². The molecule has 2 aromatic rings. The molecule has 1 aromatic carbocycles. The van der Waals surface area contributed by atoms with E-state index in [2.05, 4.69) is 30.5 Å². The van der Waals surface area contributed by atoms with Crippen molar-refractivity contribution in [3.63, 3.8) is 0 Å². The fraction of sp³-hybridized carbons (Fsp3) is 0.353. The van der Waals surface area contributed by atoms with Crippen LogP contribution in [0.15, 0.2) is 42.6 Å². The summed E-state index contributed by atoms with van der Waals surface area (Å²) in [5.74, 6) is 1.61. The van der Waals surface area contributed by atoms with Gasteiger partial charge in [-0.3, -0.25) is 0 Å². The highest BCUT2D eigenvalue weighted by molar-refractivity contribution is 5.40. The van der Waals surface area contributed by atoms with Crippen molar-refractivity contribution in [1.29, 1.82) is 0 Å². The zero-order valence-corrected chi connectivity index (χ0v) is 12.4. The van der Waals surface area contributed by atoms with Crippen molar-refractivity contribution in [2.24, 2.45) is 0 Å². The molecule has 0 saturated carbocycles. The molecule has 0 unspecified atom stereocenters. The Morgan fingerprint density at radius 2 is 1.85 bits per heavy atom. The molecule has 0 bridgehead atoms. The number of aromatic nitrogens is 1. The number of ether oxygens (including phenoxy) is 2. The minimum Gasteiger partial charge on any atom is -0.492 e. The van der Waals surface area contributed by atoms with Crippen molar-refractivity contribution in [2.45, 2.75) is 33.4 Å². The molecule has 0 aliphatic carbocycles. The Morgan fingerprint density at radius 1 is 1.10 bits per heavy atom. The summed E-state index contributed by atoms with van der Waals surface area (Å²) >= 11 is 0. The van der Waals surface area contributed by atoms with Crippen molar-refractivity contribution in [2.75, 3.05) is 7.11 Å². The third-order valence-corrected chi connectivity index (χ3v) is 3.30. The molecule has 3 nitrogen and oxygen atoms in total. The average Bonchev–Trinajstić information content (AvgIpc) is 2.49. The summed E-state index contributed by atoms with van der Waals surface area (Å²) < 4.78 is 13.6. The number of nitrogens with zero attached hydrogens (tertiary/aromatic N) is 1. The van der Waals surface area contributed by atoms with Gasteiger partial charge in [-0.15, -0.1) is 0 Å². The first-order chi connectivity index (χ1) is 9.76. The maximum absolute atomic E-state index is 5.99. The van der Waals surface area contributed by atoms with Gasteiger partial charge in [0.15, 0.2) is 11.9 Å². The molecule has 0 aliphatic heterocycles. The number of hydrogen-bond acceptors (Lipinski definition) is 2. The predicted octanol–water partition coefficient (Wildman–Crippen LogP) is 3.28. The summed E-state index contributed by atoms with van der Waals surface area (Å²) in [6.07, 6.45) is 3.14. The van der Waals surface area contributed by atoms with Crippen molar-refractivity contribution < 1.29 is 14.0 Å². The maximum Gasteiger partial charge on any atom is 0.229 e. The van der Waals surface area contributed by atoms with E-state index in [-0.39, 0.29) is 0 Å². The lowest BCUT2D eigenvalue weighted by molar-refractivity contribution is -0.703. The lowest BCUT2D eigenvalue weighted by Gasteiger charge is -2.12. The molecule has 0 N–H and O–H groups in total. The molecule has 20 heavy (non-hydrogen) atoms. The van der Waals surface area contributed by atoms with Gasteiger partial charge in [0.2, 0.25) is 11.4 Å². The Bertz CT molecular complexity index is 552. The molecule has 1 heterocycles. The third-order valence-electron chi connectivity index (χ3n) is 3.30. The van der Waals surface area contributed by atoms with Crippen LogP contribution < -0.4 is 14.0 Å². The van der Waals surface area contributed by atoms with Crippen LogP contribution in [-0.4, -0.2) is 7.11 Å². The van der Waals surface area contributed by atoms with E-state index < -0.39 is 0 Å². The minimum atomic E-state index is 0.550. The van der Waals surface area contributed by atoms with Crippen LogP contribution in [0.2, 0.25) is 0 Å². The van der Waals surface area contributed by atoms with Crippen molar-refractivity contribution >= 4 is 0 Å². The first-order valence-corrected chi connectivity index (χ1v) is 7.00. The topological polar surface area (TPSA) is 22.3 Å². The fourth-order valence-electron chi connectivity index (χ4n) is 2.20. The zero-order valence-electron chi connectivity index (χ0n) is 12.4. The maximum atomic E-state index is 5.99. The highest BCUT2D eigenvalue weighted by Crippen LogP contribution is 2.28. The zero-order chi connectivity index (χ0) is 14.4. The van der Waals surface area contributed by atoms with E-state index in [0.29, 0.717) is 6.61 Å². The Balaban J connectivity index is 2.22. The third kappa shape index (κ3) is 3.29. The van der Waals surface area contributed by atoms with E-state index in [4.69, 9.17) is 9.47 Å². The van der Waals surface area contributed by atoms with E-state index in [0.717, 1.165) is 35.7 Å². The number of aryl methyl sites for hydroxylation is 1. The highest BCUT2D eigenvalue weighted by atomic mass is 16.5. The van der Waals surface area contributed by atoms with Crippen LogP contribution >= 0.6 is 0 Å². The van der Waals surface area contributed by atoms with E-state index in [9.17, 15) is 0 Å². The molecule has 1 aromatic heterocycles. The van der Waals surface area contributed by atoms with E-state index in [1.165, 1.54) is 0 Å². The van der Waals surface area contributed by atoms with Crippen LogP contribution in [0.5, 0.6) is 11.5 Å². The summed E-state index contributed by atoms with van der Waals surface area (Å²) in [7, 11) is 1.67. The highest BCUT2D eigenvalue weighted by Gasteiger charge is 2.18. The Morgan fingerprint density at radius 3 is 2.50 bits per heavy atom. The van der Waals surface area contributed by atoms with Crippen LogP contribution in [0, 0.1) is 6.92 Å². The van der Waals surface area contributed by atoms with Gasteiger partial charge >= 0.3 is 0 Å². The van der Waals surface area contributed by atoms with E-state index in [1.54, 1.807) is 7.11 Å².